The second-order valence-corrected chi connectivity index (χ2v) is 5.20. The predicted octanol–water partition coefficient (Wildman–Crippen LogP) is 3.98. The third kappa shape index (κ3) is 2.68. The van der Waals surface area contributed by atoms with Crippen LogP contribution in [0.1, 0.15) is 0 Å². The summed E-state index contributed by atoms with van der Waals surface area (Å²) in [6.07, 6.45) is 0. The molecule has 0 saturated heterocycles. The number of nitrogens with zero attached hydrogens (tertiary/aromatic N) is 2. The molecule has 1 aromatic heterocycles. The van der Waals surface area contributed by atoms with E-state index in [4.69, 9.17) is 9.72 Å². The molecule has 0 amide bonds. The van der Waals surface area contributed by atoms with E-state index in [1.807, 2.05) is 38.4 Å². The molecular formula is C18H18N2O. The van der Waals surface area contributed by atoms with Gasteiger partial charge < -0.3 is 9.64 Å². The zero-order chi connectivity index (χ0) is 14.8. The average molecular weight is 278 g/mol. The highest BCUT2D eigenvalue weighted by Gasteiger charge is 2.03. The first-order chi connectivity index (χ1) is 10.2. The summed E-state index contributed by atoms with van der Waals surface area (Å²) in [6.45, 7) is 0. The van der Waals surface area contributed by atoms with Gasteiger partial charge in [-0.15, -0.1) is 0 Å². The van der Waals surface area contributed by atoms with Gasteiger partial charge in [-0.1, -0.05) is 18.2 Å². The van der Waals surface area contributed by atoms with Crippen molar-refractivity contribution in [3.8, 4) is 17.0 Å². The Morgan fingerprint density at radius 3 is 2.33 bits per heavy atom. The molecule has 0 aliphatic heterocycles. The van der Waals surface area contributed by atoms with Gasteiger partial charge in [0, 0.05) is 30.7 Å². The van der Waals surface area contributed by atoms with Crippen LogP contribution in [0.15, 0.2) is 54.6 Å². The summed E-state index contributed by atoms with van der Waals surface area (Å²) in [5.41, 5.74) is 4.27. The zero-order valence-corrected chi connectivity index (χ0v) is 12.5. The number of pyridine rings is 1. The van der Waals surface area contributed by atoms with Crippen LogP contribution < -0.4 is 9.64 Å². The van der Waals surface area contributed by atoms with Gasteiger partial charge >= 0.3 is 0 Å². The molecule has 1 heterocycles. The molecule has 0 fully saturated rings. The molecule has 0 spiro atoms. The molecule has 3 aromatic rings. The van der Waals surface area contributed by atoms with E-state index in [9.17, 15) is 0 Å². The maximum atomic E-state index is 5.24. The van der Waals surface area contributed by atoms with Crippen molar-refractivity contribution < 1.29 is 4.74 Å². The largest absolute Gasteiger partial charge is 0.497 e. The molecule has 0 radical (unpaired) electrons. The first kappa shape index (κ1) is 13.4. The quantitative estimate of drug-likeness (QED) is 0.724. The molecule has 0 aliphatic rings. The van der Waals surface area contributed by atoms with E-state index in [0.717, 1.165) is 27.9 Å². The molecule has 3 heteroatoms. The number of fused-ring (bicyclic) bond motifs is 1. The molecule has 0 aliphatic carbocycles. The van der Waals surface area contributed by atoms with Crippen LogP contribution in [0.3, 0.4) is 0 Å². The second kappa shape index (κ2) is 5.44. The first-order valence-corrected chi connectivity index (χ1v) is 6.90. The van der Waals surface area contributed by atoms with Gasteiger partial charge in [0.05, 0.1) is 18.3 Å². The van der Waals surface area contributed by atoms with Crippen LogP contribution in [-0.2, 0) is 0 Å². The third-order valence-electron chi connectivity index (χ3n) is 3.58. The summed E-state index contributed by atoms with van der Waals surface area (Å²) in [5, 5.41) is 1.09. The highest BCUT2D eigenvalue weighted by Crippen LogP contribution is 2.25. The Morgan fingerprint density at radius 1 is 0.905 bits per heavy atom. The fraction of sp³-hybridized carbons (Fsp3) is 0.167. The number of benzene rings is 2. The van der Waals surface area contributed by atoms with Crippen LogP contribution >= 0.6 is 0 Å². The van der Waals surface area contributed by atoms with Crippen LogP contribution in [-0.4, -0.2) is 26.2 Å². The third-order valence-corrected chi connectivity index (χ3v) is 3.58. The van der Waals surface area contributed by atoms with Crippen molar-refractivity contribution >= 4 is 16.6 Å². The molecule has 0 N–H and O–H groups in total. The summed E-state index contributed by atoms with van der Waals surface area (Å²) in [5.74, 6) is 0.854. The van der Waals surface area contributed by atoms with Gasteiger partial charge in [0.15, 0.2) is 0 Å². The van der Waals surface area contributed by atoms with E-state index in [-0.39, 0.29) is 0 Å². The van der Waals surface area contributed by atoms with Gasteiger partial charge in [-0.25, -0.2) is 4.98 Å². The number of anilines is 1. The van der Waals surface area contributed by atoms with Crippen LogP contribution in [0.4, 0.5) is 5.69 Å². The maximum absolute atomic E-state index is 5.24. The fourth-order valence-corrected chi connectivity index (χ4v) is 2.32. The minimum Gasteiger partial charge on any atom is -0.497 e. The molecule has 0 atom stereocenters. The van der Waals surface area contributed by atoms with Crippen LogP contribution in [0.5, 0.6) is 5.75 Å². The molecule has 21 heavy (non-hydrogen) atoms. The minimum absolute atomic E-state index is 0.854. The number of methoxy groups -OCH3 is 1. The van der Waals surface area contributed by atoms with Crippen LogP contribution in [0.25, 0.3) is 22.2 Å². The predicted molar refractivity (Wildman–Crippen MR) is 88.1 cm³/mol. The number of hydrogen-bond donors (Lipinski definition) is 0. The lowest BCUT2D eigenvalue weighted by Gasteiger charge is -2.12. The van der Waals surface area contributed by atoms with Crippen molar-refractivity contribution in [2.24, 2.45) is 0 Å². The smallest absolute Gasteiger partial charge is 0.119 e. The summed E-state index contributed by atoms with van der Waals surface area (Å²) in [7, 11) is 5.75. The van der Waals surface area contributed by atoms with E-state index in [0.29, 0.717) is 0 Å². The standard InChI is InChI=1S/C18H18N2O/c1-20(2)15-7-4-13(5-8-15)17-10-6-14-12-16(21-3)9-11-18(14)19-17/h4-12H,1-3H3. The summed E-state index contributed by atoms with van der Waals surface area (Å²) < 4.78 is 5.24. The van der Waals surface area contributed by atoms with E-state index in [2.05, 4.69) is 35.2 Å². The highest BCUT2D eigenvalue weighted by atomic mass is 16.5. The van der Waals surface area contributed by atoms with Crippen molar-refractivity contribution in [2.75, 3.05) is 26.1 Å². The topological polar surface area (TPSA) is 25.4 Å². The Hall–Kier alpha value is -2.55. The molecule has 3 nitrogen and oxygen atoms in total. The second-order valence-electron chi connectivity index (χ2n) is 5.20. The van der Waals surface area contributed by atoms with E-state index in [1.165, 1.54) is 5.69 Å². The molecule has 0 bridgehead atoms. The van der Waals surface area contributed by atoms with Crippen molar-refractivity contribution in [3.05, 3.63) is 54.6 Å². The summed E-state index contributed by atoms with van der Waals surface area (Å²) >= 11 is 0. The molecule has 0 unspecified atom stereocenters. The van der Waals surface area contributed by atoms with Gasteiger partial charge in [0.25, 0.3) is 0 Å². The van der Waals surface area contributed by atoms with Gasteiger partial charge in [-0.2, -0.15) is 0 Å². The van der Waals surface area contributed by atoms with Crippen molar-refractivity contribution in [1.29, 1.82) is 0 Å². The van der Waals surface area contributed by atoms with Crippen molar-refractivity contribution in [2.45, 2.75) is 0 Å². The average Bonchev–Trinajstić information content (AvgIpc) is 2.54. The summed E-state index contributed by atoms with van der Waals surface area (Å²) in [6, 6.07) is 18.5. The normalized spacial score (nSPS) is 10.6. The minimum atomic E-state index is 0.854. The van der Waals surface area contributed by atoms with Crippen molar-refractivity contribution in [3.63, 3.8) is 0 Å². The lowest BCUT2D eigenvalue weighted by molar-refractivity contribution is 0.415. The fourth-order valence-electron chi connectivity index (χ4n) is 2.32. The maximum Gasteiger partial charge on any atom is 0.119 e. The number of hydrogen-bond acceptors (Lipinski definition) is 3. The van der Waals surface area contributed by atoms with E-state index >= 15 is 0 Å². The Kier molecular flexibility index (Phi) is 3.48. The number of ether oxygens (including phenoxy) is 1. The first-order valence-electron chi connectivity index (χ1n) is 6.90. The molecule has 0 saturated carbocycles. The Labute approximate surface area is 124 Å². The monoisotopic (exact) mass is 278 g/mol. The number of rotatable bonds is 3. The molecule has 2 aromatic carbocycles. The Bertz CT molecular complexity index is 764. The zero-order valence-electron chi connectivity index (χ0n) is 12.5. The van der Waals surface area contributed by atoms with Gasteiger partial charge in [0.1, 0.15) is 5.75 Å². The molecule has 106 valence electrons. The van der Waals surface area contributed by atoms with Crippen LogP contribution in [0.2, 0.25) is 0 Å². The number of aromatic nitrogens is 1. The van der Waals surface area contributed by atoms with E-state index < -0.39 is 0 Å². The van der Waals surface area contributed by atoms with Gasteiger partial charge in [0.2, 0.25) is 0 Å². The lowest BCUT2D eigenvalue weighted by atomic mass is 10.1. The van der Waals surface area contributed by atoms with Gasteiger partial charge in [-0.3, -0.25) is 0 Å². The Balaban J connectivity index is 2.00. The molecular weight excluding hydrogens is 260 g/mol. The van der Waals surface area contributed by atoms with E-state index in [1.54, 1.807) is 7.11 Å². The van der Waals surface area contributed by atoms with Gasteiger partial charge in [-0.05, 0) is 36.4 Å². The lowest BCUT2D eigenvalue weighted by Crippen LogP contribution is -2.07. The highest BCUT2D eigenvalue weighted by molar-refractivity contribution is 5.83. The molecule has 3 rings (SSSR count). The van der Waals surface area contributed by atoms with Crippen molar-refractivity contribution in [1.82, 2.24) is 4.98 Å². The Morgan fingerprint density at radius 2 is 1.67 bits per heavy atom. The SMILES string of the molecule is COc1ccc2nc(-c3ccc(N(C)C)cc3)ccc2c1. The summed E-state index contributed by atoms with van der Waals surface area (Å²) in [4.78, 5) is 6.81. The van der Waals surface area contributed by atoms with Crippen LogP contribution in [0, 0.1) is 0 Å².